The molecule has 1 aromatic carbocycles. The van der Waals surface area contributed by atoms with Crippen molar-refractivity contribution in [2.75, 3.05) is 14.1 Å². The van der Waals surface area contributed by atoms with Gasteiger partial charge < -0.3 is 9.47 Å². The maximum absolute atomic E-state index is 6.44. The van der Waals surface area contributed by atoms with E-state index in [2.05, 4.69) is 55.7 Å². The Morgan fingerprint density at radius 2 is 2.05 bits per heavy atom. The summed E-state index contributed by atoms with van der Waals surface area (Å²) in [5, 5.41) is 2.29. The average molecular weight is 277 g/mol. The van der Waals surface area contributed by atoms with Crippen LogP contribution >= 0.6 is 11.6 Å². The minimum absolute atomic E-state index is 0.531. The lowest BCUT2D eigenvalue weighted by molar-refractivity contribution is 0.258. The smallest absolute Gasteiger partial charge is 0.0531 e. The molecular weight excluding hydrogens is 256 g/mol. The molecule has 3 rings (SSSR count). The van der Waals surface area contributed by atoms with Crippen LogP contribution in [0.4, 0.5) is 0 Å². The van der Waals surface area contributed by atoms with Crippen molar-refractivity contribution in [3.8, 4) is 0 Å². The summed E-state index contributed by atoms with van der Waals surface area (Å²) < 4.78 is 2.40. The summed E-state index contributed by atoms with van der Waals surface area (Å²) in [6.45, 7) is 5.58. The summed E-state index contributed by atoms with van der Waals surface area (Å²) in [7, 11) is 4.30. The van der Waals surface area contributed by atoms with E-state index in [4.69, 9.17) is 11.6 Å². The Morgan fingerprint density at radius 3 is 2.68 bits per heavy atom. The Kier molecular flexibility index (Phi) is 3.11. The van der Waals surface area contributed by atoms with Gasteiger partial charge in [-0.05, 0) is 43.6 Å². The number of halogens is 1. The molecule has 2 heterocycles. The number of likely N-dealkylation sites (N-methyl/N-ethyl adjacent to an activating group) is 1. The van der Waals surface area contributed by atoms with Crippen LogP contribution in [0.25, 0.3) is 10.9 Å². The summed E-state index contributed by atoms with van der Waals surface area (Å²) >= 11 is 6.44. The summed E-state index contributed by atoms with van der Waals surface area (Å²) in [6, 6.07) is 4.78. The molecule has 102 valence electrons. The second-order valence-electron chi connectivity index (χ2n) is 6.14. The number of aromatic nitrogens is 1. The predicted molar refractivity (Wildman–Crippen MR) is 82.2 cm³/mol. The second kappa shape index (κ2) is 4.53. The molecule has 0 saturated heterocycles. The van der Waals surface area contributed by atoms with Gasteiger partial charge in [-0.3, -0.25) is 0 Å². The molecule has 19 heavy (non-hydrogen) atoms. The van der Waals surface area contributed by atoms with Gasteiger partial charge in [0.1, 0.15) is 0 Å². The van der Waals surface area contributed by atoms with Gasteiger partial charge in [-0.2, -0.15) is 0 Å². The van der Waals surface area contributed by atoms with Crippen LogP contribution in [0, 0.1) is 0 Å². The zero-order valence-corrected chi connectivity index (χ0v) is 12.8. The van der Waals surface area contributed by atoms with Crippen LogP contribution in [0.1, 0.15) is 30.9 Å². The van der Waals surface area contributed by atoms with Crippen LogP contribution in [0.3, 0.4) is 0 Å². The predicted octanol–water partition coefficient (Wildman–Crippen LogP) is 3.90. The lowest BCUT2D eigenvalue weighted by Gasteiger charge is -2.30. The molecule has 2 nitrogen and oxygen atoms in total. The van der Waals surface area contributed by atoms with Crippen LogP contribution in [-0.4, -0.2) is 29.6 Å². The quantitative estimate of drug-likeness (QED) is 0.808. The van der Waals surface area contributed by atoms with Crippen LogP contribution in [0.15, 0.2) is 18.3 Å². The van der Waals surface area contributed by atoms with E-state index >= 15 is 0 Å². The van der Waals surface area contributed by atoms with E-state index in [9.17, 15) is 0 Å². The molecule has 0 aliphatic carbocycles. The van der Waals surface area contributed by atoms with Crippen LogP contribution in [0.5, 0.6) is 0 Å². The molecule has 0 saturated carbocycles. The second-order valence-corrected chi connectivity index (χ2v) is 6.54. The average Bonchev–Trinajstić information content (AvgIpc) is 2.73. The first-order valence-electron chi connectivity index (χ1n) is 6.95. The van der Waals surface area contributed by atoms with Crippen molar-refractivity contribution in [1.29, 1.82) is 0 Å². The van der Waals surface area contributed by atoms with Crippen LogP contribution in [-0.2, 0) is 13.0 Å². The van der Waals surface area contributed by atoms with Gasteiger partial charge >= 0.3 is 0 Å². The summed E-state index contributed by atoms with van der Waals surface area (Å²) in [5.74, 6) is 0.550. The number of hydrogen-bond acceptors (Lipinski definition) is 1. The van der Waals surface area contributed by atoms with Gasteiger partial charge in [0.05, 0.1) is 5.52 Å². The number of nitrogens with zero attached hydrogens (tertiary/aromatic N) is 2. The Morgan fingerprint density at radius 1 is 1.32 bits per heavy atom. The molecule has 1 aliphatic heterocycles. The number of rotatable bonds is 2. The monoisotopic (exact) mass is 276 g/mol. The van der Waals surface area contributed by atoms with Gasteiger partial charge in [-0.15, -0.1) is 0 Å². The first kappa shape index (κ1) is 13.0. The summed E-state index contributed by atoms with van der Waals surface area (Å²) in [4.78, 5) is 2.30. The highest BCUT2D eigenvalue weighted by atomic mass is 35.5. The van der Waals surface area contributed by atoms with Crippen molar-refractivity contribution in [2.24, 2.45) is 0 Å². The summed E-state index contributed by atoms with van der Waals surface area (Å²) in [5.41, 5.74) is 4.11. The fraction of sp³-hybridized carbons (Fsp3) is 0.500. The van der Waals surface area contributed by atoms with E-state index in [0.29, 0.717) is 12.0 Å². The minimum Gasteiger partial charge on any atom is -0.345 e. The van der Waals surface area contributed by atoms with Gasteiger partial charge in [0.25, 0.3) is 0 Å². The molecule has 3 heteroatoms. The SMILES string of the molecule is CC(C)c1cn2c3c(c(Cl)ccc13)C[C@@H](N(C)C)C2. The zero-order chi connectivity index (χ0) is 13.7. The molecule has 1 aromatic heterocycles. The maximum Gasteiger partial charge on any atom is 0.0531 e. The van der Waals surface area contributed by atoms with Crippen molar-refractivity contribution >= 4 is 22.5 Å². The molecule has 0 bridgehead atoms. The summed E-state index contributed by atoms with van der Waals surface area (Å²) in [6.07, 6.45) is 3.37. The van der Waals surface area contributed by atoms with Crippen molar-refractivity contribution in [2.45, 2.75) is 38.8 Å². The van der Waals surface area contributed by atoms with Crippen molar-refractivity contribution in [1.82, 2.24) is 9.47 Å². The van der Waals surface area contributed by atoms with Crippen LogP contribution < -0.4 is 0 Å². The fourth-order valence-corrected chi connectivity index (χ4v) is 3.38. The molecule has 0 N–H and O–H groups in total. The number of hydrogen-bond donors (Lipinski definition) is 0. The van der Waals surface area contributed by atoms with E-state index in [1.54, 1.807) is 0 Å². The Balaban J connectivity index is 2.25. The lowest BCUT2D eigenvalue weighted by Crippen LogP contribution is -2.36. The van der Waals surface area contributed by atoms with Crippen LogP contribution in [0.2, 0.25) is 5.02 Å². The first-order valence-corrected chi connectivity index (χ1v) is 7.33. The van der Waals surface area contributed by atoms with Crippen molar-refractivity contribution in [3.05, 3.63) is 34.5 Å². The lowest BCUT2D eigenvalue weighted by atomic mass is 9.96. The Bertz CT molecular complexity index is 625. The van der Waals surface area contributed by atoms with Crippen molar-refractivity contribution in [3.63, 3.8) is 0 Å². The molecule has 0 unspecified atom stereocenters. The molecule has 1 aliphatic rings. The van der Waals surface area contributed by atoms with Gasteiger partial charge in [0.2, 0.25) is 0 Å². The topological polar surface area (TPSA) is 8.17 Å². The Hall–Kier alpha value is -0.990. The molecule has 0 radical (unpaired) electrons. The van der Waals surface area contributed by atoms with Gasteiger partial charge in [0.15, 0.2) is 0 Å². The first-order chi connectivity index (χ1) is 8.99. The van der Waals surface area contributed by atoms with E-state index in [1.165, 1.54) is 22.0 Å². The maximum atomic E-state index is 6.44. The van der Waals surface area contributed by atoms with E-state index in [1.807, 2.05) is 0 Å². The molecule has 0 amide bonds. The van der Waals surface area contributed by atoms with Crippen molar-refractivity contribution < 1.29 is 0 Å². The fourth-order valence-electron chi connectivity index (χ4n) is 3.15. The highest BCUT2D eigenvalue weighted by Gasteiger charge is 2.26. The molecule has 2 aromatic rings. The molecule has 1 atom stereocenters. The Labute approximate surface area is 120 Å². The van der Waals surface area contributed by atoms with Gasteiger partial charge in [0, 0.05) is 29.2 Å². The third kappa shape index (κ3) is 1.98. The van der Waals surface area contributed by atoms with E-state index in [-0.39, 0.29) is 0 Å². The largest absolute Gasteiger partial charge is 0.345 e. The normalized spacial score (nSPS) is 18.8. The van der Waals surface area contributed by atoms with Gasteiger partial charge in [-0.25, -0.2) is 0 Å². The highest BCUT2D eigenvalue weighted by molar-refractivity contribution is 6.32. The standard InChI is InChI=1S/C16H21ClN2/c1-10(2)14-9-19-8-11(18(3)4)7-13-15(17)6-5-12(14)16(13)19/h5-6,9-11H,7-8H2,1-4H3/t11-/m1/s1. The third-order valence-corrected chi connectivity index (χ3v) is 4.67. The number of benzene rings is 1. The molecule has 0 spiro atoms. The minimum atomic E-state index is 0.531. The third-order valence-electron chi connectivity index (χ3n) is 4.32. The zero-order valence-electron chi connectivity index (χ0n) is 12.1. The van der Waals surface area contributed by atoms with Gasteiger partial charge in [-0.1, -0.05) is 31.5 Å². The van der Waals surface area contributed by atoms with E-state index < -0.39 is 0 Å². The molecule has 0 fully saturated rings. The molecular formula is C16H21ClN2. The van der Waals surface area contributed by atoms with E-state index in [0.717, 1.165) is 18.0 Å². The highest BCUT2D eigenvalue weighted by Crippen LogP contribution is 2.37.